The summed E-state index contributed by atoms with van der Waals surface area (Å²) >= 11 is 6.08. The second-order valence-electron chi connectivity index (χ2n) is 6.34. The summed E-state index contributed by atoms with van der Waals surface area (Å²) in [5.74, 6) is 1.26. The molecule has 0 atom stereocenters. The van der Waals surface area contributed by atoms with Crippen LogP contribution in [0.15, 0.2) is 42.5 Å². The summed E-state index contributed by atoms with van der Waals surface area (Å²) in [7, 11) is 0. The van der Waals surface area contributed by atoms with E-state index in [-0.39, 0.29) is 12.5 Å². The van der Waals surface area contributed by atoms with E-state index in [1.807, 2.05) is 30.3 Å². The molecular formula is C19H19ClN6O. The quantitative estimate of drug-likeness (QED) is 0.687. The van der Waals surface area contributed by atoms with E-state index in [0.29, 0.717) is 16.5 Å². The third-order valence-corrected chi connectivity index (χ3v) is 4.83. The van der Waals surface area contributed by atoms with Crippen molar-refractivity contribution in [1.29, 1.82) is 0 Å². The lowest BCUT2D eigenvalue weighted by Gasteiger charge is -2.15. The Morgan fingerprint density at radius 2 is 1.96 bits per heavy atom. The van der Waals surface area contributed by atoms with E-state index in [0.717, 1.165) is 24.5 Å². The lowest BCUT2D eigenvalue weighted by Crippen LogP contribution is -2.23. The highest BCUT2D eigenvalue weighted by atomic mass is 35.5. The van der Waals surface area contributed by atoms with Crippen LogP contribution >= 0.6 is 11.6 Å². The largest absolute Gasteiger partial charge is 0.355 e. The van der Waals surface area contributed by atoms with Crippen molar-refractivity contribution in [2.45, 2.75) is 19.4 Å². The summed E-state index contributed by atoms with van der Waals surface area (Å²) in [5, 5.41) is 16.3. The Hall–Kier alpha value is -2.93. The van der Waals surface area contributed by atoms with Crippen molar-refractivity contribution in [1.82, 2.24) is 25.1 Å². The summed E-state index contributed by atoms with van der Waals surface area (Å²) in [6.45, 7) is 2.27. The molecule has 1 saturated heterocycles. The van der Waals surface area contributed by atoms with Crippen LogP contribution in [-0.2, 0) is 11.3 Å². The highest BCUT2D eigenvalue weighted by Gasteiger charge is 2.15. The second kappa shape index (κ2) is 7.75. The number of hydrogen-bond donors (Lipinski definition) is 1. The van der Waals surface area contributed by atoms with Gasteiger partial charge in [-0.25, -0.2) is 0 Å². The number of hydrogen-bond acceptors (Lipinski definition) is 5. The first-order chi connectivity index (χ1) is 13.2. The van der Waals surface area contributed by atoms with E-state index in [9.17, 15) is 4.79 Å². The standard InChI is InChI=1S/C19H19ClN6O/c20-15-6-2-1-5-14(15)7-10-19(27)21-13-18-23-22-16-8-9-17(24-26(16)18)25-11-3-4-12-25/h1-2,5-10H,3-4,11-13H2,(H,21,27). The summed E-state index contributed by atoms with van der Waals surface area (Å²) in [4.78, 5) is 14.4. The number of nitrogens with one attached hydrogen (secondary N) is 1. The van der Waals surface area contributed by atoms with E-state index in [4.69, 9.17) is 11.6 Å². The first-order valence-corrected chi connectivity index (χ1v) is 9.25. The zero-order chi connectivity index (χ0) is 18.6. The van der Waals surface area contributed by atoms with Gasteiger partial charge in [0.1, 0.15) is 5.82 Å². The lowest BCUT2D eigenvalue weighted by atomic mass is 10.2. The fourth-order valence-corrected chi connectivity index (χ4v) is 3.25. The maximum atomic E-state index is 12.1. The van der Waals surface area contributed by atoms with Crippen molar-refractivity contribution in [2.75, 3.05) is 18.0 Å². The number of carbonyl (C=O) groups excluding carboxylic acids is 1. The Bertz CT molecular complexity index is 993. The molecule has 1 aliphatic rings. The van der Waals surface area contributed by atoms with Crippen LogP contribution in [0.25, 0.3) is 11.7 Å². The van der Waals surface area contributed by atoms with Crippen LogP contribution in [0.1, 0.15) is 24.2 Å². The van der Waals surface area contributed by atoms with E-state index < -0.39 is 0 Å². The van der Waals surface area contributed by atoms with Crippen LogP contribution in [0.5, 0.6) is 0 Å². The molecule has 3 aromatic rings. The molecule has 0 saturated carbocycles. The monoisotopic (exact) mass is 382 g/mol. The van der Waals surface area contributed by atoms with Crippen LogP contribution in [-0.4, -0.2) is 38.8 Å². The maximum Gasteiger partial charge on any atom is 0.244 e. The Morgan fingerprint density at radius 3 is 2.78 bits per heavy atom. The summed E-state index contributed by atoms with van der Waals surface area (Å²) in [5.41, 5.74) is 1.45. The third kappa shape index (κ3) is 3.93. The molecule has 1 aliphatic heterocycles. The number of amides is 1. The Labute approximate surface area is 161 Å². The number of anilines is 1. The van der Waals surface area contributed by atoms with Gasteiger partial charge in [-0.05, 0) is 42.7 Å². The van der Waals surface area contributed by atoms with Gasteiger partial charge in [0.05, 0.1) is 6.54 Å². The van der Waals surface area contributed by atoms with Gasteiger partial charge in [-0.1, -0.05) is 29.8 Å². The molecular weight excluding hydrogens is 364 g/mol. The minimum atomic E-state index is -0.234. The number of halogens is 1. The molecule has 2 aromatic heterocycles. The molecule has 0 radical (unpaired) electrons. The first-order valence-electron chi connectivity index (χ1n) is 8.87. The highest BCUT2D eigenvalue weighted by Crippen LogP contribution is 2.18. The Balaban J connectivity index is 1.44. The van der Waals surface area contributed by atoms with Crippen LogP contribution in [0.2, 0.25) is 5.02 Å². The van der Waals surface area contributed by atoms with Crippen LogP contribution in [0, 0.1) is 0 Å². The van der Waals surface area contributed by atoms with Crippen molar-refractivity contribution < 1.29 is 4.79 Å². The van der Waals surface area contributed by atoms with Crippen molar-refractivity contribution in [2.24, 2.45) is 0 Å². The average Bonchev–Trinajstić information content (AvgIpc) is 3.35. The number of fused-ring (bicyclic) bond motifs is 1. The van der Waals surface area contributed by atoms with Gasteiger partial charge in [0.25, 0.3) is 0 Å². The van der Waals surface area contributed by atoms with E-state index >= 15 is 0 Å². The third-order valence-electron chi connectivity index (χ3n) is 4.48. The molecule has 1 amide bonds. The van der Waals surface area contributed by atoms with Crippen LogP contribution < -0.4 is 10.2 Å². The molecule has 0 unspecified atom stereocenters. The van der Waals surface area contributed by atoms with Crippen LogP contribution in [0.3, 0.4) is 0 Å². The molecule has 0 bridgehead atoms. The predicted molar refractivity (Wildman–Crippen MR) is 105 cm³/mol. The molecule has 0 spiro atoms. The Morgan fingerprint density at radius 1 is 1.15 bits per heavy atom. The number of benzene rings is 1. The summed E-state index contributed by atoms with van der Waals surface area (Å²) in [6.07, 6.45) is 5.50. The van der Waals surface area contributed by atoms with Gasteiger partial charge in [-0.2, -0.15) is 4.52 Å². The molecule has 1 N–H and O–H groups in total. The molecule has 7 nitrogen and oxygen atoms in total. The fourth-order valence-electron chi connectivity index (χ4n) is 3.05. The second-order valence-corrected chi connectivity index (χ2v) is 6.75. The Kier molecular flexibility index (Phi) is 5.02. The average molecular weight is 383 g/mol. The van der Waals surface area contributed by atoms with Crippen molar-refractivity contribution in [3.05, 3.63) is 58.9 Å². The SMILES string of the molecule is O=C(C=Cc1ccccc1Cl)NCc1nnc2ccc(N3CCCC3)nn12. The fraction of sp³-hybridized carbons (Fsp3) is 0.263. The molecule has 8 heteroatoms. The number of aromatic nitrogens is 4. The molecule has 3 heterocycles. The van der Waals surface area contributed by atoms with E-state index in [2.05, 4.69) is 25.5 Å². The van der Waals surface area contributed by atoms with Gasteiger partial charge in [-0.3, -0.25) is 4.79 Å². The predicted octanol–water partition coefficient (Wildman–Crippen LogP) is 2.71. The zero-order valence-electron chi connectivity index (χ0n) is 14.7. The molecule has 4 rings (SSSR count). The number of carbonyl (C=O) groups is 1. The minimum absolute atomic E-state index is 0.234. The van der Waals surface area contributed by atoms with Gasteiger partial charge >= 0.3 is 0 Å². The molecule has 0 aliphatic carbocycles. The van der Waals surface area contributed by atoms with Crippen molar-refractivity contribution in [3.8, 4) is 0 Å². The van der Waals surface area contributed by atoms with E-state index in [1.165, 1.54) is 18.9 Å². The number of nitrogens with zero attached hydrogens (tertiary/aromatic N) is 5. The van der Waals surface area contributed by atoms with Gasteiger partial charge in [0.2, 0.25) is 5.91 Å². The van der Waals surface area contributed by atoms with Gasteiger partial charge in [0, 0.05) is 24.2 Å². The maximum absolute atomic E-state index is 12.1. The van der Waals surface area contributed by atoms with Gasteiger partial charge in [-0.15, -0.1) is 15.3 Å². The van der Waals surface area contributed by atoms with Crippen LogP contribution in [0.4, 0.5) is 5.82 Å². The minimum Gasteiger partial charge on any atom is -0.355 e. The van der Waals surface area contributed by atoms with E-state index in [1.54, 1.807) is 16.7 Å². The van der Waals surface area contributed by atoms with Gasteiger partial charge in [0.15, 0.2) is 11.5 Å². The smallest absolute Gasteiger partial charge is 0.244 e. The molecule has 138 valence electrons. The normalized spacial score (nSPS) is 14.3. The topological polar surface area (TPSA) is 75.4 Å². The molecule has 27 heavy (non-hydrogen) atoms. The first kappa shape index (κ1) is 17.5. The van der Waals surface area contributed by atoms with Crippen molar-refractivity contribution >= 4 is 35.0 Å². The number of rotatable bonds is 5. The molecule has 1 aromatic carbocycles. The van der Waals surface area contributed by atoms with Gasteiger partial charge < -0.3 is 10.2 Å². The zero-order valence-corrected chi connectivity index (χ0v) is 15.4. The highest BCUT2D eigenvalue weighted by molar-refractivity contribution is 6.32. The summed E-state index contributed by atoms with van der Waals surface area (Å²) < 4.78 is 1.69. The molecule has 1 fully saturated rings. The lowest BCUT2D eigenvalue weighted by molar-refractivity contribution is -0.116. The van der Waals surface area contributed by atoms with Crippen molar-refractivity contribution in [3.63, 3.8) is 0 Å². The summed E-state index contributed by atoms with van der Waals surface area (Å²) in [6, 6.07) is 11.2.